The molecule has 9 heteroatoms. The Hall–Kier alpha value is -2.51. The number of hydrogen-bond donors (Lipinski definition) is 1. The summed E-state index contributed by atoms with van der Waals surface area (Å²) in [6, 6.07) is 5.54. The van der Waals surface area contributed by atoms with Gasteiger partial charge in [-0.25, -0.2) is 14.8 Å². The van der Waals surface area contributed by atoms with Gasteiger partial charge < -0.3 is 15.0 Å². The van der Waals surface area contributed by atoms with Crippen molar-refractivity contribution >= 4 is 40.8 Å². The first-order valence-electron chi connectivity index (χ1n) is 10.6. The third kappa shape index (κ3) is 4.64. The van der Waals surface area contributed by atoms with Gasteiger partial charge in [-0.3, -0.25) is 4.40 Å². The number of carbonyl (C=O) groups is 1. The van der Waals surface area contributed by atoms with Gasteiger partial charge in [-0.2, -0.15) is 0 Å². The van der Waals surface area contributed by atoms with E-state index in [0.29, 0.717) is 10.0 Å². The van der Waals surface area contributed by atoms with Crippen LogP contribution in [0.2, 0.25) is 10.0 Å². The van der Waals surface area contributed by atoms with Crippen molar-refractivity contribution in [1.82, 2.24) is 19.7 Å². The molecule has 0 atom stereocenters. The van der Waals surface area contributed by atoms with Crippen LogP contribution in [0, 0.1) is 0 Å². The van der Waals surface area contributed by atoms with Crippen LogP contribution in [0.3, 0.4) is 0 Å². The Morgan fingerprint density at radius 1 is 1.19 bits per heavy atom. The molecule has 0 unspecified atom stereocenters. The predicted molar refractivity (Wildman–Crippen MR) is 128 cm³/mol. The van der Waals surface area contributed by atoms with E-state index >= 15 is 0 Å². The van der Waals surface area contributed by atoms with E-state index in [1.54, 1.807) is 18.5 Å². The van der Waals surface area contributed by atoms with Crippen molar-refractivity contribution in [3.8, 4) is 11.3 Å². The molecular weight excluding hydrogens is 449 g/mol. The fourth-order valence-electron chi connectivity index (χ4n) is 3.92. The third-order valence-electron chi connectivity index (χ3n) is 5.61. The molecule has 1 fully saturated rings. The molecular formula is C23H27Cl2N5O2. The number of nitrogens with zero attached hydrogens (tertiary/aromatic N) is 4. The van der Waals surface area contributed by atoms with E-state index in [1.165, 1.54) is 0 Å². The highest BCUT2D eigenvalue weighted by atomic mass is 35.5. The summed E-state index contributed by atoms with van der Waals surface area (Å²) in [5, 5.41) is 4.02. The van der Waals surface area contributed by atoms with E-state index in [0.717, 1.165) is 48.7 Å². The highest BCUT2D eigenvalue weighted by Crippen LogP contribution is 2.35. The highest BCUT2D eigenvalue weighted by molar-refractivity contribution is 6.43. The minimum atomic E-state index is -0.523. The van der Waals surface area contributed by atoms with Crippen LogP contribution < -0.4 is 10.2 Å². The highest BCUT2D eigenvalue weighted by Gasteiger charge is 2.34. The SMILES string of the molecule is CC1(NC(=O)OC(C)(C)C)CCN(c2ncc(-c3cccc(Cl)c3Cl)n3ccnc23)CC1. The molecule has 1 amide bonds. The van der Waals surface area contributed by atoms with E-state index in [-0.39, 0.29) is 11.6 Å². The van der Waals surface area contributed by atoms with Gasteiger partial charge in [-0.05, 0) is 46.6 Å². The summed E-state index contributed by atoms with van der Waals surface area (Å²) in [5.74, 6) is 0.802. The van der Waals surface area contributed by atoms with Gasteiger partial charge in [0.25, 0.3) is 0 Å². The molecule has 2 aromatic heterocycles. The number of ether oxygens (including phenoxy) is 1. The minimum Gasteiger partial charge on any atom is -0.444 e. The predicted octanol–water partition coefficient (Wildman–Crippen LogP) is 5.59. The summed E-state index contributed by atoms with van der Waals surface area (Å²) in [7, 11) is 0. The first-order valence-corrected chi connectivity index (χ1v) is 11.3. The zero-order valence-corrected chi connectivity index (χ0v) is 20.2. The Bertz CT molecular complexity index is 1150. The zero-order chi connectivity index (χ0) is 23.1. The minimum absolute atomic E-state index is 0.335. The maximum absolute atomic E-state index is 12.3. The Kier molecular flexibility index (Phi) is 5.98. The molecule has 3 aromatic rings. The number of fused-ring (bicyclic) bond motifs is 1. The average Bonchev–Trinajstić information content (AvgIpc) is 3.18. The van der Waals surface area contributed by atoms with Gasteiger partial charge in [0.1, 0.15) is 5.60 Å². The van der Waals surface area contributed by atoms with Crippen LogP contribution in [0.25, 0.3) is 16.9 Å². The molecule has 4 rings (SSSR count). The first-order chi connectivity index (χ1) is 15.1. The topological polar surface area (TPSA) is 71.8 Å². The van der Waals surface area contributed by atoms with Gasteiger partial charge in [0, 0.05) is 36.6 Å². The molecule has 1 aliphatic heterocycles. The molecule has 1 aliphatic rings. The normalized spacial score (nSPS) is 16.2. The lowest BCUT2D eigenvalue weighted by Crippen LogP contribution is -2.54. The number of alkyl carbamates (subject to hydrolysis) is 1. The van der Waals surface area contributed by atoms with E-state index in [1.807, 2.05) is 43.5 Å². The summed E-state index contributed by atoms with van der Waals surface area (Å²) >= 11 is 12.7. The second-order valence-electron chi connectivity index (χ2n) is 9.36. The van der Waals surface area contributed by atoms with Crippen molar-refractivity contribution in [1.29, 1.82) is 0 Å². The number of aromatic nitrogens is 3. The molecule has 0 radical (unpaired) electrons. The van der Waals surface area contributed by atoms with Crippen molar-refractivity contribution in [3.63, 3.8) is 0 Å². The number of amides is 1. The number of piperidine rings is 1. The van der Waals surface area contributed by atoms with Crippen molar-refractivity contribution in [2.24, 2.45) is 0 Å². The number of imidazole rings is 1. The average molecular weight is 476 g/mol. The summed E-state index contributed by atoms with van der Waals surface area (Å²) in [5.41, 5.74) is 1.52. The molecule has 0 saturated carbocycles. The zero-order valence-electron chi connectivity index (χ0n) is 18.7. The van der Waals surface area contributed by atoms with Gasteiger partial charge in [0.05, 0.1) is 21.9 Å². The second-order valence-corrected chi connectivity index (χ2v) is 10.1. The summed E-state index contributed by atoms with van der Waals surface area (Å²) in [4.78, 5) is 23.7. The van der Waals surface area contributed by atoms with E-state index in [2.05, 4.69) is 22.1 Å². The number of benzene rings is 1. The smallest absolute Gasteiger partial charge is 0.408 e. The van der Waals surface area contributed by atoms with Crippen LogP contribution in [0.4, 0.5) is 10.6 Å². The summed E-state index contributed by atoms with van der Waals surface area (Å²) in [6.45, 7) is 9.10. The monoisotopic (exact) mass is 475 g/mol. The third-order valence-corrected chi connectivity index (χ3v) is 6.43. The fourth-order valence-corrected chi connectivity index (χ4v) is 4.31. The lowest BCUT2D eigenvalue weighted by molar-refractivity contribution is 0.0448. The second kappa shape index (κ2) is 8.45. The van der Waals surface area contributed by atoms with Crippen molar-refractivity contribution in [3.05, 3.63) is 46.8 Å². The Labute approximate surface area is 197 Å². The van der Waals surface area contributed by atoms with E-state index in [9.17, 15) is 4.79 Å². The number of carbonyl (C=O) groups excluding carboxylic acids is 1. The van der Waals surface area contributed by atoms with Crippen LogP contribution in [0.5, 0.6) is 0 Å². The van der Waals surface area contributed by atoms with Gasteiger partial charge in [-0.15, -0.1) is 0 Å². The Balaban J connectivity index is 1.54. The molecule has 1 saturated heterocycles. The maximum atomic E-state index is 12.3. The van der Waals surface area contributed by atoms with Gasteiger partial charge in [-0.1, -0.05) is 35.3 Å². The molecule has 7 nitrogen and oxygen atoms in total. The van der Waals surface area contributed by atoms with Gasteiger partial charge >= 0.3 is 6.09 Å². The maximum Gasteiger partial charge on any atom is 0.408 e. The lowest BCUT2D eigenvalue weighted by atomic mass is 9.90. The molecule has 0 aliphatic carbocycles. The molecule has 1 aromatic carbocycles. The number of halogens is 2. The van der Waals surface area contributed by atoms with Gasteiger partial charge in [0.2, 0.25) is 0 Å². The van der Waals surface area contributed by atoms with Crippen molar-refractivity contribution in [2.75, 3.05) is 18.0 Å². The first kappa shape index (κ1) is 22.7. The van der Waals surface area contributed by atoms with Crippen LogP contribution in [0.1, 0.15) is 40.5 Å². The molecule has 170 valence electrons. The molecule has 3 heterocycles. The Morgan fingerprint density at radius 2 is 1.91 bits per heavy atom. The molecule has 0 spiro atoms. The van der Waals surface area contributed by atoms with Crippen LogP contribution in [-0.4, -0.2) is 44.7 Å². The van der Waals surface area contributed by atoms with Crippen LogP contribution in [-0.2, 0) is 4.74 Å². The standard InChI is InChI=1S/C23H27Cl2N5O2/c1-22(2,3)32-21(31)28-23(4)8-11-29(12-9-23)19-20-26-10-13-30(20)17(14-27-19)15-6-5-7-16(24)18(15)25/h5-7,10,13-14H,8-9,11-12H2,1-4H3,(H,28,31). The number of hydrogen-bond acceptors (Lipinski definition) is 5. The van der Waals surface area contributed by atoms with E-state index in [4.69, 9.17) is 32.9 Å². The number of nitrogens with one attached hydrogen (secondary N) is 1. The Morgan fingerprint density at radius 3 is 2.59 bits per heavy atom. The fraction of sp³-hybridized carbons (Fsp3) is 0.435. The van der Waals surface area contributed by atoms with E-state index < -0.39 is 5.60 Å². The number of anilines is 1. The molecule has 0 bridgehead atoms. The molecule has 1 N–H and O–H groups in total. The van der Waals surface area contributed by atoms with Crippen LogP contribution >= 0.6 is 23.2 Å². The quantitative estimate of drug-likeness (QED) is 0.534. The van der Waals surface area contributed by atoms with Gasteiger partial charge in [0.15, 0.2) is 11.5 Å². The molecule has 32 heavy (non-hydrogen) atoms. The lowest BCUT2D eigenvalue weighted by Gasteiger charge is -2.40. The largest absolute Gasteiger partial charge is 0.444 e. The summed E-state index contributed by atoms with van der Waals surface area (Å²) < 4.78 is 7.41. The van der Waals surface area contributed by atoms with Crippen molar-refractivity contribution in [2.45, 2.75) is 51.7 Å². The van der Waals surface area contributed by atoms with Crippen LogP contribution in [0.15, 0.2) is 36.8 Å². The number of rotatable bonds is 3. The summed E-state index contributed by atoms with van der Waals surface area (Å²) in [6.07, 6.45) is 6.59. The van der Waals surface area contributed by atoms with Crippen molar-refractivity contribution < 1.29 is 9.53 Å².